The third-order valence-corrected chi connectivity index (χ3v) is 4.15. The number of likely N-dealkylation sites (tertiary alicyclic amines) is 1. The average Bonchev–Trinajstić information content (AvgIpc) is 3.27. The topological polar surface area (TPSA) is 81.5 Å². The van der Waals surface area contributed by atoms with Crippen LogP contribution >= 0.6 is 0 Å². The van der Waals surface area contributed by atoms with Crippen LogP contribution in [-0.2, 0) is 6.54 Å². The number of hydrogen-bond acceptors (Lipinski definition) is 5. The zero-order valence-corrected chi connectivity index (χ0v) is 13.8. The summed E-state index contributed by atoms with van der Waals surface area (Å²) in [6, 6.07) is 5.27. The number of anilines is 1. The summed E-state index contributed by atoms with van der Waals surface area (Å²) in [7, 11) is 3.15. The van der Waals surface area contributed by atoms with Gasteiger partial charge < -0.3 is 19.7 Å². The molecule has 1 N–H and O–H groups in total. The molecule has 1 aliphatic rings. The molecule has 2 amide bonds. The Labute approximate surface area is 140 Å². The van der Waals surface area contributed by atoms with Crippen LogP contribution in [0.4, 0.5) is 10.5 Å². The summed E-state index contributed by atoms with van der Waals surface area (Å²) in [6.45, 7) is 1.37. The van der Waals surface area contributed by atoms with Gasteiger partial charge in [-0.05, 0) is 25.0 Å². The molecular weight excluding hydrogens is 310 g/mol. The van der Waals surface area contributed by atoms with Crippen molar-refractivity contribution in [3.63, 3.8) is 0 Å². The average molecular weight is 331 g/mol. The smallest absolute Gasteiger partial charge is 0.322 e. The van der Waals surface area contributed by atoms with Crippen molar-refractivity contribution in [1.82, 2.24) is 19.7 Å². The first-order valence-electron chi connectivity index (χ1n) is 7.83. The van der Waals surface area contributed by atoms with Crippen LogP contribution in [0.1, 0.15) is 12.8 Å². The van der Waals surface area contributed by atoms with Crippen LogP contribution < -0.4 is 14.8 Å². The standard InChI is InChI=1S/C16H21N5O3/c1-23-13-5-6-14(15(8-13)24-2)19-16(22)21-7-3-4-12(21)9-20-11-17-10-18-20/h5-6,8,10-12H,3-4,7,9H2,1-2H3,(H,19,22)/t12-/m1/s1. The van der Waals surface area contributed by atoms with Crippen LogP contribution in [0, 0.1) is 0 Å². The zero-order chi connectivity index (χ0) is 16.9. The zero-order valence-electron chi connectivity index (χ0n) is 13.8. The van der Waals surface area contributed by atoms with Crippen LogP contribution in [0.5, 0.6) is 11.5 Å². The minimum Gasteiger partial charge on any atom is -0.497 e. The van der Waals surface area contributed by atoms with E-state index in [9.17, 15) is 4.79 Å². The Balaban J connectivity index is 1.69. The molecule has 0 spiro atoms. The van der Waals surface area contributed by atoms with Crippen molar-refractivity contribution < 1.29 is 14.3 Å². The van der Waals surface area contributed by atoms with E-state index in [1.807, 2.05) is 4.90 Å². The number of amides is 2. The highest BCUT2D eigenvalue weighted by Gasteiger charge is 2.29. The van der Waals surface area contributed by atoms with Gasteiger partial charge in [-0.3, -0.25) is 4.68 Å². The molecule has 0 aliphatic carbocycles. The minimum absolute atomic E-state index is 0.107. The van der Waals surface area contributed by atoms with Gasteiger partial charge in [0.05, 0.1) is 32.5 Å². The van der Waals surface area contributed by atoms with Gasteiger partial charge in [-0.15, -0.1) is 0 Å². The molecule has 1 aliphatic heterocycles. The number of aromatic nitrogens is 3. The Kier molecular flexibility index (Phi) is 4.83. The number of methoxy groups -OCH3 is 2. The van der Waals surface area contributed by atoms with Crippen molar-refractivity contribution in [3.8, 4) is 11.5 Å². The van der Waals surface area contributed by atoms with Crippen molar-refractivity contribution in [1.29, 1.82) is 0 Å². The van der Waals surface area contributed by atoms with Gasteiger partial charge in [0.15, 0.2) is 0 Å². The molecule has 1 aromatic heterocycles. The maximum Gasteiger partial charge on any atom is 0.322 e. The summed E-state index contributed by atoms with van der Waals surface area (Å²) in [5.41, 5.74) is 0.620. The molecular formula is C16H21N5O3. The van der Waals surface area contributed by atoms with E-state index in [-0.39, 0.29) is 12.1 Å². The molecule has 8 heteroatoms. The highest BCUT2D eigenvalue weighted by atomic mass is 16.5. The van der Waals surface area contributed by atoms with E-state index in [1.165, 1.54) is 6.33 Å². The van der Waals surface area contributed by atoms with Crippen molar-refractivity contribution in [3.05, 3.63) is 30.9 Å². The van der Waals surface area contributed by atoms with Crippen LogP contribution in [-0.4, -0.2) is 52.5 Å². The largest absolute Gasteiger partial charge is 0.497 e. The monoisotopic (exact) mass is 331 g/mol. The van der Waals surface area contributed by atoms with Gasteiger partial charge in [0.1, 0.15) is 24.2 Å². The van der Waals surface area contributed by atoms with E-state index in [0.717, 1.165) is 19.4 Å². The number of nitrogens with zero attached hydrogens (tertiary/aromatic N) is 4. The van der Waals surface area contributed by atoms with E-state index < -0.39 is 0 Å². The van der Waals surface area contributed by atoms with Crippen molar-refractivity contribution in [2.75, 3.05) is 26.1 Å². The quantitative estimate of drug-likeness (QED) is 0.906. The summed E-state index contributed by atoms with van der Waals surface area (Å²) in [5.74, 6) is 1.24. The summed E-state index contributed by atoms with van der Waals surface area (Å²) in [6.07, 6.45) is 5.10. The van der Waals surface area contributed by atoms with Gasteiger partial charge in [-0.1, -0.05) is 0 Å². The molecule has 24 heavy (non-hydrogen) atoms. The Morgan fingerprint density at radius 3 is 2.96 bits per heavy atom. The molecule has 1 aromatic carbocycles. The highest BCUT2D eigenvalue weighted by molar-refractivity contribution is 5.91. The van der Waals surface area contributed by atoms with Gasteiger partial charge in [0.25, 0.3) is 0 Å². The summed E-state index contributed by atoms with van der Waals surface area (Å²) < 4.78 is 12.3. The van der Waals surface area contributed by atoms with Crippen molar-refractivity contribution in [2.45, 2.75) is 25.4 Å². The van der Waals surface area contributed by atoms with Gasteiger partial charge >= 0.3 is 6.03 Å². The van der Waals surface area contributed by atoms with Crippen LogP contribution in [0.25, 0.3) is 0 Å². The number of carbonyl (C=O) groups excluding carboxylic acids is 1. The lowest BCUT2D eigenvalue weighted by atomic mass is 10.2. The normalized spacial score (nSPS) is 16.9. The number of carbonyl (C=O) groups is 1. The molecule has 8 nitrogen and oxygen atoms in total. The Morgan fingerprint density at radius 1 is 1.38 bits per heavy atom. The number of urea groups is 1. The van der Waals surface area contributed by atoms with Gasteiger partial charge in [0, 0.05) is 12.6 Å². The lowest BCUT2D eigenvalue weighted by Gasteiger charge is -2.25. The van der Waals surface area contributed by atoms with E-state index in [2.05, 4.69) is 15.4 Å². The maximum atomic E-state index is 12.7. The van der Waals surface area contributed by atoms with Crippen LogP contribution in [0.2, 0.25) is 0 Å². The molecule has 0 unspecified atom stereocenters. The highest BCUT2D eigenvalue weighted by Crippen LogP contribution is 2.30. The van der Waals surface area contributed by atoms with Gasteiger partial charge in [-0.2, -0.15) is 5.10 Å². The number of hydrogen-bond donors (Lipinski definition) is 1. The van der Waals surface area contributed by atoms with E-state index in [0.29, 0.717) is 23.7 Å². The molecule has 0 radical (unpaired) electrons. The molecule has 2 heterocycles. The fourth-order valence-corrected chi connectivity index (χ4v) is 2.92. The molecule has 1 fully saturated rings. The fourth-order valence-electron chi connectivity index (χ4n) is 2.92. The lowest BCUT2D eigenvalue weighted by Crippen LogP contribution is -2.40. The van der Waals surface area contributed by atoms with E-state index >= 15 is 0 Å². The molecule has 2 aromatic rings. The molecule has 3 rings (SSSR count). The first-order valence-corrected chi connectivity index (χ1v) is 7.83. The molecule has 128 valence electrons. The Hall–Kier alpha value is -2.77. The predicted molar refractivity (Wildman–Crippen MR) is 88.3 cm³/mol. The second-order valence-corrected chi connectivity index (χ2v) is 5.60. The lowest BCUT2D eigenvalue weighted by molar-refractivity contribution is 0.199. The SMILES string of the molecule is COc1ccc(NC(=O)N2CCC[C@@H]2Cn2cncn2)c(OC)c1. The first-order chi connectivity index (χ1) is 11.7. The summed E-state index contributed by atoms with van der Waals surface area (Å²) in [4.78, 5) is 18.4. The Morgan fingerprint density at radius 2 is 2.25 bits per heavy atom. The third-order valence-electron chi connectivity index (χ3n) is 4.15. The Bertz CT molecular complexity index is 689. The minimum atomic E-state index is -0.138. The predicted octanol–water partition coefficient (Wildman–Crippen LogP) is 1.99. The van der Waals surface area contributed by atoms with Crippen LogP contribution in [0.15, 0.2) is 30.9 Å². The summed E-state index contributed by atoms with van der Waals surface area (Å²) >= 11 is 0. The van der Waals surface area contributed by atoms with E-state index in [1.54, 1.807) is 43.4 Å². The van der Waals surface area contributed by atoms with Gasteiger partial charge in [0.2, 0.25) is 0 Å². The number of rotatable bonds is 5. The number of nitrogens with one attached hydrogen (secondary N) is 1. The molecule has 0 saturated carbocycles. The van der Waals surface area contributed by atoms with Crippen molar-refractivity contribution in [2.24, 2.45) is 0 Å². The number of benzene rings is 1. The maximum absolute atomic E-state index is 12.7. The summed E-state index contributed by atoms with van der Waals surface area (Å²) in [5, 5.41) is 7.04. The second-order valence-electron chi connectivity index (χ2n) is 5.60. The molecule has 1 atom stereocenters. The van der Waals surface area contributed by atoms with Crippen LogP contribution in [0.3, 0.4) is 0 Å². The molecule has 0 bridgehead atoms. The fraction of sp³-hybridized carbons (Fsp3) is 0.438. The van der Waals surface area contributed by atoms with Crippen molar-refractivity contribution >= 4 is 11.7 Å². The molecule has 1 saturated heterocycles. The third kappa shape index (κ3) is 3.42. The second kappa shape index (κ2) is 7.20. The van der Waals surface area contributed by atoms with Gasteiger partial charge in [-0.25, -0.2) is 9.78 Å². The first kappa shape index (κ1) is 16.1. The van der Waals surface area contributed by atoms with E-state index in [4.69, 9.17) is 9.47 Å². The number of ether oxygens (including phenoxy) is 2.